The molecule has 1 aromatic carbocycles. The molecule has 0 unspecified atom stereocenters. The molecule has 2 aromatic heterocycles. The summed E-state index contributed by atoms with van der Waals surface area (Å²) in [5.41, 5.74) is 2.49. The number of allylic oxidation sites excluding steroid dienone is 1. The van der Waals surface area contributed by atoms with Crippen LogP contribution in [0, 0.1) is 6.92 Å². The Balaban J connectivity index is 0.00000408. The predicted molar refractivity (Wildman–Crippen MR) is 142 cm³/mol. The van der Waals surface area contributed by atoms with E-state index in [0.717, 1.165) is 10.3 Å². The first kappa shape index (κ1) is 28.0. The number of benzene rings is 1. The molecule has 2 heterocycles. The average Bonchev–Trinajstić information content (AvgIpc) is 3.09. The molecule has 0 atom stereocenters. The third-order valence-electron chi connectivity index (χ3n) is 5.00. The van der Waals surface area contributed by atoms with E-state index in [1.807, 2.05) is 29.7 Å². The van der Waals surface area contributed by atoms with Crippen molar-refractivity contribution in [2.75, 3.05) is 18.5 Å². The molecule has 0 saturated heterocycles. The van der Waals surface area contributed by atoms with E-state index >= 15 is 0 Å². The average molecular weight is 591 g/mol. The Morgan fingerprint density at radius 2 is 2.06 bits per heavy atom. The number of pyridine rings is 1. The van der Waals surface area contributed by atoms with Gasteiger partial charge in [-0.15, -0.1) is 19.0 Å². The summed E-state index contributed by atoms with van der Waals surface area (Å²) in [5.74, 6) is 0.0269. The van der Waals surface area contributed by atoms with Crippen molar-refractivity contribution in [2.24, 2.45) is 0 Å². The van der Waals surface area contributed by atoms with E-state index in [9.17, 15) is 9.59 Å². The van der Waals surface area contributed by atoms with E-state index in [2.05, 4.69) is 32.8 Å². The van der Waals surface area contributed by atoms with Crippen molar-refractivity contribution in [1.29, 1.82) is 0 Å². The molecule has 7 nitrogen and oxygen atoms in total. The number of carbonyl (C=O) groups excluding carboxylic acids is 2. The number of hydrogen-bond acceptors (Lipinski definition) is 4. The van der Waals surface area contributed by atoms with Crippen LogP contribution in [0.15, 0.2) is 47.7 Å². The van der Waals surface area contributed by atoms with Crippen molar-refractivity contribution in [3.63, 3.8) is 0 Å². The zero-order valence-corrected chi connectivity index (χ0v) is 22.5. The number of amides is 2. The highest BCUT2D eigenvalue weighted by atomic mass is 79.9. The van der Waals surface area contributed by atoms with Crippen LogP contribution in [0.25, 0.3) is 5.65 Å². The Morgan fingerprint density at radius 3 is 2.76 bits per heavy atom. The number of hydrogen-bond donors (Lipinski definition) is 1. The van der Waals surface area contributed by atoms with Crippen LogP contribution >= 0.6 is 51.5 Å². The number of aryl methyl sites for hydroxylation is 1. The van der Waals surface area contributed by atoms with Crippen LogP contribution in [-0.2, 0) is 16.2 Å². The normalized spacial score (nSPS) is 10.5. The summed E-state index contributed by atoms with van der Waals surface area (Å²) < 4.78 is 8.73. The number of nitrogens with one attached hydrogen (secondary N) is 1. The molecule has 0 bridgehead atoms. The van der Waals surface area contributed by atoms with Gasteiger partial charge in [0.05, 0.1) is 22.9 Å². The zero-order valence-electron chi connectivity index (χ0n) is 18.6. The first-order valence-corrected chi connectivity index (χ1v) is 11.7. The fourth-order valence-corrected chi connectivity index (χ4v) is 4.10. The number of likely N-dealkylation sites (N-methyl/N-ethyl adjacent to an activating group) is 1. The highest BCUT2D eigenvalue weighted by Crippen LogP contribution is 2.35. The molecule has 182 valence electrons. The van der Waals surface area contributed by atoms with E-state index in [-0.39, 0.29) is 43.8 Å². The molecule has 2 amide bonds. The second kappa shape index (κ2) is 12.4. The number of anilines is 1. The predicted octanol–water partition coefficient (Wildman–Crippen LogP) is 5.76. The van der Waals surface area contributed by atoms with Crippen LogP contribution in [0.5, 0.6) is 5.75 Å². The van der Waals surface area contributed by atoms with E-state index in [4.69, 9.17) is 27.9 Å². The molecule has 3 rings (SSSR count). The fraction of sp³-hybridized carbons (Fsp3) is 0.261. The minimum atomic E-state index is -0.319. The lowest BCUT2D eigenvalue weighted by atomic mass is 10.2. The molecule has 3 aromatic rings. The van der Waals surface area contributed by atoms with Gasteiger partial charge in [0.1, 0.15) is 11.2 Å². The van der Waals surface area contributed by atoms with Gasteiger partial charge in [0.15, 0.2) is 11.4 Å². The Kier molecular flexibility index (Phi) is 10.2. The molecule has 0 radical (unpaired) electrons. The largest absolute Gasteiger partial charge is 0.485 e. The van der Waals surface area contributed by atoms with Crippen molar-refractivity contribution in [2.45, 2.75) is 26.4 Å². The molecule has 0 aliphatic carbocycles. The SMILES string of the molecule is C=CCCC(=O)NCC(=O)N(C)c1ccc(Cl)c(COc2cccn3c(Br)c(C)nc23)c1Cl.Cl. The lowest BCUT2D eigenvalue weighted by Gasteiger charge is -2.21. The number of nitrogens with zero attached hydrogens (tertiary/aromatic N) is 3. The molecule has 0 aliphatic heterocycles. The standard InChI is InChI=1S/C23H23BrCl2N4O3.ClH/c1-4-5-8-19(31)27-12-20(32)29(3)17-10-9-16(25)15(21(17)26)13-33-18-7-6-11-30-22(24)14(2)28-23(18)30;/h4,6-7,9-11H,1,5,8,12-13H2,2-3H3,(H,27,31);1H. The maximum absolute atomic E-state index is 12.6. The van der Waals surface area contributed by atoms with Crippen LogP contribution in [0.4, 0.5) is 5.69 Å². The van der Waals surface area contributed by atoms with Gasteiger partial charge in [-0.05, 0) is 53.5 Å². The summed E-state index contributed by atoms with van der Waals surface area (Å²) in [6.45, 7) is 5.41. The van der Waals surface area contributed by atoms with E-state index < -0.39 is 0 Å². The van der Waals surface area contributed by atoms with Gasteiger partial charge < -0.3 is 15.0 Å². The molecule has 1 N–H and O–H groups in total. The molecular weight excluding hydrogens is 567 g/mol. The van der Waals surface area contributed by atoms with Gasteiger partial charge >= 0.3 is 0 Å². The van der Waals surface area contributed by atoms with Crippen LogP contribution in [-0.4, -0.2) is 34.8 Å². The number of imidazole rings is 1. The second-order valence-corrected chi connectivity index (χ2v) is 8.79. The van der Waals surface area contributed by atoms with Crippen molar-refractivity contribution in [1.82, 2.24) is 14.7 Å². The van der Waals surface area contributed by atoms with Gasteiger partial charge in [-0.1, -0.05) is 29.3 Å². The first-order valence-electron chi connectivity index (χ1n) is 10.1. The van der Waals surface area contributed by atoms with Crippen LogP contribution in [0.2, 0.25) is 10.0 Å². The van der Waals surface area contributed by atoms with E-state index in [1.54, 1.807) is 25.3 Å². The summed E-state index contributed by atoms with van der Waals surface area (Å²) in [5, 5.41) is 3.31. The molecule has 34 heavy (non-hydrogen) atoms. The van der Waals surface area contributed by atoms with Crippen molar-refractivity contribution in [3.8, 4) is 5.75 Å². The lowest BCUT2D eigenvalue weighted by molar-refractivity contribution is -0.124. The summed E-state index contributed by atoms with van der Waals surface area (Å²) in [7, 11) is 1.59. The Morgan fingerprint density at radius 1 is 1.32 bits per heavy atom. The Hall–Kier alpha value is -2.26. The maximum Gasteiger partial charge on any atom is 0.246 e. The Labute approximate surface area is 222 Å². The summed E-state index contributed by atoms with van der Waals surface area (Å²) in [4.78, 5) is 30.3. The summed E-state index contributed by atoms with van der Waals surface area (Å²) in [6.07, 6.45) is 4.36. The third-order valence-corrected chi connectivity index (χ3v) is 6.73. The number of fused-ring (bicyclic) bond motifs is 1. The van der Waals surface area contributed by atoms with Crippen LogP contribution in [0.1, 0.15) is 24.1 Å². The van der Waals surface area contributed by atoms with Gasteiger partial charge in [0.2, 0.25) is 11.8 Å². The Bertz CT molecular complexity index is 1220. The number of halogens is 4. The number of carbonyl (C=O) groups is 2. The first-order chi connectivity index (χ1) is 15.7. The van der Waals surface area contributed by atoms with Gasteiger partial charge in [-0.25, -0.2) is 4.98 Å². The molecule has 0 saturated carbocycles. The third kappa shape index (κ3) is 6.24. The van der Waals surface area contributed by atoms with Gasteiger partial charge in [-0.3, -0.25) is 14.0 Å². The van der Waals surface area contributed by atoms with Crippen molar-refractivity contribution in [3.05, 3.63) is 69.0 Å². The molecule has 0 spiro atoms. The summed E-state index contributed by atoms with van der Waals surface area (Å²) >= 11 is 16.5. The van der Waals surface area contributed by atoms with Gasteiger partial charge in [0, 0.05) is 30.3 Å². The quantitative estimate of drug-likeness (QED) is 0.322. The molecule has 0 aliphatic rings. The fourth-order valence-electron chi connectivity index (χ4n) is 3.11. The van der Waals surface area contributed by atoms with Gasteiger partial charge in [0.25, 0.3) is 0 Å². The number of rotatable bonds is 9. The molecule has 11 heteroatoms. The molecular formula is C23H24BrCl3N4O3. The number of ether oxygens (including phenoxy) is 1. The van der Waals surface area contributed by atoms with Crippen molar-refractivity contribution < 1.29 is 14.3 Å². The minimum Gasteiger partial charge on any atom is -0.485 e. The van der Waals surface area contributed by atoms with Crippen LogP contribution in [0.3, 0.4) is 0 Å². The topological polar surface area (TPSA) is 75.9 Å². The smallest absolute Gasteiger partial charge is 0.246 e. The lowest BCUT2D eigenvalue weighted by Crippen LogP contribution is -2.38. The van der Waals surface area contributed by atoms with Gasteiger partial charge in [-0.2, -0.15) is 0 Å². The van der Waals surface area contributed by atoms with Crippen LogP contribution < -0.4 is 15.0 Å². The maximum atomic E-state index is 12.6. The minimum absolute atomic E-state index is 0. The second-order valence-electron chi connectivity index (χ2n) is 7.26. The molecule has 0 fully saturated rings. The van der Waals surface area contributed by atoms with Crippen molar-refractivity contribution >= 4 is 74.7 Å². The zero-order chi connectivity index (χ0) is 24.1. The number of aromatic nitrogens is 2. The highest BCUT2D eigenvalue weighted by molar-refractivity contribution is 9.10. The van der Waals surface area contributed by atoms with E-state index in [1.165, 1.54) is 4.90 Å². The van der Waals surface area contributed by atoms with E-state index in [0.29, 0.717) is 39.1 Å². The highest BCUT2D eigenvalue weighted by Gasteiger charge is 2.20. The summed E-state index contributed by atoms with van der Waals surface area (Å²) in [6, 6.07) is 6.97. The monoisotopic (exact) mass is 588 g/mol.